The Morgan fingerprint density at radius 1 is 0.683 bits per heavy atom. The van der Waals surface area contributed by atoms with Gasteiger partial charge in [-0.3, -0.25) is 9.59 Å². The minimum absolute atomic E-state index is 0.00121. The summed E-state index contributed by atoms with van der Waals surface area (Å²) >= 11 is 0. The van der Waals surface area contributed by atoms with Crippen LogP contribution in [0, 0.1) is 0 Å². The molecule has 0 saturated carbocycles. The van der Waals surface area contributed by atoms with Crippen molar-refractivity contribution in [2.45, 2.75) is 20.5 Å². The van der Waals surface area contributed by atoms with Gasteiger partial charge in [0.1, 0.15) is 18.1 Å². The van der Waals surface area contributed by atoms with Crippen LogP contribution in [0.2, 0.25) is 0 Å². The third-order valence-corrected chi connectivity index (χ3v) is 5.14. The molecule has 0 unspecified atom stereocenters. The Labute approximate surface area is 234 Å². The largest absolute Gasteiger partial charge is 0.504 e. The van der Waals surface area contributed by atoms with Crippen molar-refractivity contribution in [1.82, 2.24) is 0 Å². The number of rotatable bonds is 10. The molecule has 0 fully saturated rings. The number of esters is 4. The summed E-state index contributed by atoms with van der Waals surface area (Å²) < 4.78 is 25.5. The quantitative estimate of drug-likeness (QED) is 0.206. The van der Waals surface area contributed by atoms with E-state index in [0.29, 0.717) is 22.4 Å². The molecule has 0 aromatic heterocycles. The highest BCUT2D eigenvalue weighted by molar-refractivity contribution is 5.89. The first kappa shape index (κ1) is 30.0. The van der Waals surface area contributed by atoms with Crippen molar-refractivity contribution in [1.29, 1.82) is 0 Å². The first-order valence-electron chi connectivity index (χ1n) is 12.0. The Morgan fingerprint density at radius 3 is 1.71 bits per heavy atom. The van der Waals surface area contributed by atoms with Crippen molar-refractivity contribution in [3.63, 3.8) is 0 Å². The molecule has 3 rings (SSSR count). The van der Waals surface area contributed by atoms with E-state index in [4.69, 9.17) is 23.7 Å². The summed E-state index contributed by atoms with van der Waals surface area (Å²) in [5, 5.41) is 19.8. The molecule has 0 spiro atoms. The Morgan fingerprint density at radius 2 is 1.22 bits per heavy atom. The van der Waals surface area contributed by atoms with Crippen molar-refractivity contribution < 1.29 is 53.1 Å². The maximum Gasteiger partial charge on any atom is 0.336 e. The SMILES string of the molecule is COc1cc(OC(=O)/C=C/c2ccc(OC(C)=O)c(O)c2)ccc1COC(=O)/C=C/c1ccc(OC(C)=O)c(O)c1. The average molecular weight is 563 g/mol. The van der Waals surface area contributed by atoms with Gasteiger partial charge in [0.15, 0.2) is 23.0 Å². The van der Waals surface area contributed by atoms with E-state index in [1.807, 2.05) is 0 Å². The van der Waals surface area contributed by atoms with Crippen molar-refractivity contribution >= 4 is 36.0 Å². The van der Waals surface area contributed by atoms with E-state index >= 15 is 0 Å². The summed E-state index contributed by atoms with van der Waals surface area (Å²) in [4.78, 5) is 46.5. The van der Waals surface area contributed by atoms with Gasteiger partial charge < -0.3 is 33.9 Å². The number of carbonyl (C=O) groups excluding carboxylic acids is 4. The molecule has 11 heteroatoms. The summed E-state index contributed by atoms with van der Waals surface area (Å²) in [6.45, 7) is 2.29. The molecule has 0 aliphatic rings. The second-order valence-electron chi connectivity index (χ2n) is 8.31. The lowest BCUT2D eigenvalue weighted by Crippen LogP contribution is -2.05. The fourth-order valence-corrected chi connectivity index (χ4v) is 3.34. The minimum Gasteiger partial charge on any atom is -0.504 e. The molecule has 0 heterocycles. The number of benzene rings is 3. The fourth-order valence-electron chi connectivity index (χ4n) is 3.34. The van der Waals surface area contributed by atoms with Crippen LogP contribution < -0.4 is 18.9 Å². The van der Waals surface area contributed by atoms with Gasteiger partial charge in [-0.25, -0.2) is 9.59 Å². The number of phenols is 2. The van der Waals surface area contributed by atoms with Gasteiger partial charge in [-0.05, 0) is 59.7 Å². The van der Waals surface area contributed by atoms with Crippen LogP contribution >= 0.6 is 0 Å². The molecule has 0 atom stereocenters. The molecule has 212 valence electrons. The first-order chi connectivity index (χ1) is 19.5. The van der Waals surface area contributed by atoms with E-state index in [9.17, 15) is 29.4 Å². The molecule has 2 N–H and O–H groups in total. The van der Waals surface area contributed by atoms with Gasteiger partial charge in [0.25, 0.3) is 0 Å². The summed E-state index contributed by atoms with van der Waals surface area (Å²) in [6.07, 6.45) is 5.15. The Kier molecular flexibility index (Phi) is 10.2. The van der Waals surface area contributed by atoms with Crippen LogP contribution in [-0.2, 0) is 30.5 Å². The zero-order chi connectivity index (χ0) is 29.9. The van der Waals surface area contributed by atoms with E-state index in [1.54, 1.807) is 18.2 Å². The predicted octanol–water partition coefficient (Wildman–Crippen LogP) is 4.33. The van der Waals surface area contributed by atoms with Gasteiger partial charge >= 0.3 is 23.9 Å². The van der Waals surface area contributed by atoms with Crippen LogP contribution in [0.3, 0.4) is 0 Å². The van der Waals surface area contributed by atoms with Crippen LogP contribution in [0.25, 0.3) is 12.2 Å². The van der Waals surface area contributed by atoms with E-state index in [-0.39, 0.29) is 35.4 Å². The molecule has 0 bridgehead atoms. The highest BCUT2D eigenvalue weighted by Crippen LogP contribution is 2.29. The van der Waals surface area contributed by atoms with Crippen molar-refractivity contribution in [2.24, 2.45) is 0 Å². The molecule has 3 aromatic rings. The summed E-state index contributed by atoms with van der Waals surface area (Å²) in [7, 11) is 1.41. The highest BCUT2D eigenvalue weighted by Gasteiger charge is 2.11. The Balaban J connectivity index is 1.56. The minimum atomic E-state index is -0.702. The van der Waals surface area contributed by atoms with Crippen molar-refractivity contribution in [3.05, 3.63) is 83.4 Å². The topological polar surface area (TPSA) is 155 Å². The van der Waals surface area contributed by atoms with Crippen LogP contribution in [0.4, 0.5) is 0 Å². The lowest BCUT2D eigenvalue weighted by Gasteiger charge is -2.10. The lowest BCUT2D eigenvalue weighted by molar-refractivity contribution is -0.139. The van der Waals surface area contributed by atoms with Gasteiger partial charge in [0.2, 0.25) is 0 Å². The van der Waals surface area contributed by atoms with E-state index in [0.717, 1.165) is 6.08 Å². The maximum atomic E-state index is 12.3. The van der Waals surface area contributed by atoms with Gasteiger partial charge in [-0.15, -0.1) is 0 Å². The molecule has 3 aromatic carbocycles. The summed E-state index contributed by atoms with van der Waals surface area (Å²) in [5.74, 6) is -2.55. The highest BCUT2D eigenvalue weighted by atomic mass is 16.6. The predicted molar refractivity (Wildman–Crippen MR) is 145 cm³/mol. The molecular formula is C30H26O11. The molecule has 0 aliphatic heterocycles. The Hall–Kier alpha value is -5.58. The average Bonchev–Trinajstić information content (AvgIpc) is 2.92. The number of phenolic OH excluding ortho intramolecular Hbond substituents is 2. The van der Waals surface area contributed by atoms with Gasteiger partial charge in [-0.1, -0.05) is 12.1 Å². The number of carbonyl (C=O) groups is 4. The second-order valence-corrected chi connectivity index (χ2v) is 8.31. The van der Waals surface area contributed by atoms with Crippen molar-refractivity contribution in [3.8, 4) is 34.5 Å². The van der Waals surface area contributed by atoms with E-state index in [1.165, 1.54) is 75.6 Å². The zero-order valence-corrected chi connectivity index (χ0v) is 22.3. The zero-order valence-electron chi connectivity index (χ0n) is 22.3. The molecule has 0 radical (unpaired) electrons. The second kappa shape index (κ2) is 14.0. The molecular weight excluding hydrogens is 536 g/mol. The summed E-state index contributed by atoms with van der Waals surface area (Å²) in [6, 6.07) is 13.0. The molecule has 41 heavy (non-hydrogen) atoms. The molecule has 0 saturated heterocycles. The van der Waals surface area contributed by atoms with Gasteiger partial charge in [0.05, 0.1) is 7.11 Å². The van der Waals surface area contributed by atoms with Crippen LogP contribution in [-0.4, -0.2) is 41.2 Å². The molecule has 0 amide bonds. The molecule has 0 aliphatic carbocycles. The van der Waals surface area contributed by atoms with E-state index in [2.05, 4.69) is 0 Å². The number of aromatic hydroxyl groups is 2. The van der Waals surface area contributed by atoms with E-state index < -0.39 is 23.9 Å². The van der Waals surface area contributed by atoms with Gasteiger partial charge in [-0.2, -0.15) is 0 Å². The third-order valence-electron chi connectivity index (χ3n) is 5.14. The summed E-state index contributed by atoms with van der Waals surface area (Å²) in [5.41, 5.74) is 1.45. The Bertz CT molecular complexity index is 1520. The number of methoxy groups -OCH3 is 1. The number of ether oxygens (including phenoxy) is 5. The number of hydrogen-bond acceptors (Lipinski definition) is 11. The van der Waals surface area contributed by atoms with Crippen LogP contribution in [0.1, 0.15) is 30.5 Å². The first-order valence-corrected chi connectivity index (χ1v) is 12.0. The number of hydrogen-bond donors (Lipinski definition) is 2. The van der Waals surface area contributed by atoms with Crippen LogP contribution in [0.5, 0.6) is 34.5 Å². The normalized spacial score (nSPS) is 10.8. The fraction of sp³-hybridized carbons (Fsp3) is 0.133. The smallest absolute Gasteiger partial charge is 0.336 e. The monoisotopic (exact) mass is 562 g/mol. The standard InChI is InChI=1S/C30H26O11/c1-18(31)39-26-10-4-20(14-24(26)33)6-12-29(35)38-17-22-8-9-23(16-28(22)37-3)41-30(36)13-7-21-5-11-27(25(34)15-21)40-19(2)32/h4-16,33-34H,17H2,1-3H3/b12-6+,13-7+. The third kappa shape index (κ3) is 9.29. The van der Waals surface area contributed by atoms with Gasteiger partial charge in [0, 0.05) is 37.6 Å². The van der Waals surface area contributed by atoms with Crippen LogP contribution in [0.15, 0.2) is 66.7 Å². The van der Waals surface area contributed by atoms with Crippen molar-refractivity contribution in [2.75, 3.05) is 7.11 Å². The molecule has 11 nitrogen and oxygen atoms in total. The lowest BCUT2D eigenvalue weighted by atomic mass is 10.2. The maximum absolute atomic E-state index is 12.3.